The van der Waals surface area contributed by atoms with E-state index in [2.05, 4.69) is 9.44 Å². The van der Waals surface area contributed by atoms with Crippen molar-refractivity contribution in [2.45, 2.75) is 9.79 Å². The van der Waals surface area contributed by atoms with Gasteiger partial charge in [0.05, 0.1) is 20.4 Å². The highest BCUT2D eigenvalue weighted by atomic mass is 35.5. The van der Waals surface area contributed by atoms with Crippen LogP contribution in [0.3, 0.4) is 0 Å². The Kier molecular flexibility index (Phi) is 6.41. The van der Waals surface area contributed by atoms with Crippen LogP contribution < -0.4 is 9.44 Å². The van der Waals surface area contributed by atoms with E-state index in [0.29, 0.717) is 10.0 Å². The maximum atomic E-state index is 12.6. The van der Waals surface area contributed by atoms with Gasteiger partial charge in [-0.05, 0) is 60.7 Å². The standard InChI is InChI=1S/C18H13Cl2N3O6S2/c19-12-1-6-15(7-2-12)30(26,27)21-14-5-10-18(23(24)25)17(11-14)22-31(28,29)16-8-3-13(20)4-9-16/h1-11,21-22H. The minimum atomic E-state index is -4.21. The number of anilines is 2. The predicted molar refractivity (Wildman–Crippen MR) is 118 cm³/mol. The van der Waals surface area contributed by atoms with Gasteiger partial charge in [-0.2, -0.15) is 0 Å². The lowest BCUT2D eigenvalue weighted by molar-refractivity contribution is -0.383. The van der Waals surface area contributed by atoms with E-state index in [1.165, 1.54) is 48.5 Å². The van der Waals surface area contributed by atoms with Gasteiger partial charge in [0.1, 0.15) is 5.69 Å². The highest BCUT2D eigenvalue weighted by molar-refractivity contribution is 7.93. The topological polar surface area (TPSA) is 135 Å². The normalized spacial score (nSPS) is 11.7. The molecule has 0 amide bonds. The van der Waals surface area contributed by atoms with Gasteiger partial charge in [-0.15, -0.1) is 0 Å². The summed E-state index contributed by atoms with van der Waals surface area (Å²) in [5.74, 6) is 0. The Balaban J connectivity index is 1.97. The first-order chi connectivity index (χ1) is 14.5. The molecule has 0 aromatic heterocycles. The monoisotopic (exact) mass is 501 g/mol. The lowest BCUT2D eigenvalue weighted by Crippen LogP contribution is -2.16. The van der Waals surface area contributed by atoms with Crippen LogP contribution in [0.2, 0.25) is 10.0 Å². The fourth-order valence-corrected chi connectivity index (χ4v) is 4.85. The molecule has 2 N–H and O–H groups in total. The van der Waals surface area contributed by atoms with E-state index < -0.39 is 36.3 Å². The highest BCUT2D eigenvalue weighted by Crippen LogP contribution is 2.31. The van der Waals surface area contributed by atoms with Crippen molar-refractivity contribution < 1.29 is 21.8 Å². The zero-order chi connectivity index (χ0) is 22.8. The quantitative estimate of drug-likeness (QED) is 0.361. The third kappa shape index (κ3) is 5.44. The molecule has 0 aliphatic rings. The van der Waals surface area contributed by atoms with Crippen LogP contribution in [0.5, 0.6) is 0 Å². The summed E-state index contributed by atoms with van der Waals surface area (Å²) in [6, 6.07) is 13.6. The third-order valence-corrected chi connectivity index (χ3v) is 7.22. The van der Waals surface area contributed by atoms with Crippen LogP contribution in [0, 0.1) is 10.1 Å². The maximum Gasteiger partial charge on any atom is 0.293 e. The van der Waals surface area contributed by atoms with E-state index in [4.69, 9.17) is 23.2 Å². The van der Waals surface area contributed by atoms with Crippen molar-refractivity contribution in [3.05, 3.63) is 86.9 Å². The number of benzene rings is 3. The Labute approximate surface area is 187 Å². The molecule has 0 radical (unpaired) electrons. The maximum absolute atomic E-state index is 12.6. The van der Waals surface area contributed by atoms with Gasteiger partial charge in [0.2, 0.25) is 0 Å². The van der Waals surface area contributed by atoms with Crippen LogP contribution in [-0.4, -0.2) is 21.8 Å². The van der Waals surface area contributed by atoms with Gasteiger partial charge in [0.25, 0.3) is 25.7 Å². The molecule has 3 aromatic carbocycles. The summed E-state index contributed by atoms with van der Waals surface area (Å²) in [6.07, 6.45) is 0. The number of halogens is 2. The van der Waals surface area contributed by atoms with Crippen molar-refractivity contribution in [3.8, 4) is 0 Å². The highest BCUT2D eigenvalue weighted by Gasteiger charge is 2.23. The number of nitrogens with one attached hydrogen (secondary N) is 2. The van der Waals surface area contributed by atoms with Gasteiger partial charge in [0, 0.05) is 16.1 Å². The van der Waals surface area contributed by atoms with Gasteiger partial charge in [-0.3, -0.25) is 19.6 Å². The molecule has 0 saturated carbocycles. The van der Waals surface area contributed by atoms with E-state index in [1.54, 1.807) is 0 Å². The molecule has 13 heteroatoms. The van der Waals surface area contributed by atoms with Crippen molar-refractivity contribution in [1.29, 1.82) is 0 Å². The Morgan fingerprint density at radius 3 is 1.61 bits per heavy atom. The zero-order valence-electron chi connectivity index (χ0n) is 15.3. The van der Waals surface area contributed by atoms with Gasteiger partial charge in [-0.1, -0.05) is 23.2 Å². The lowest BCUT2D eigenvalue weighted by Gasteiger charge is -2.12. The number of nitro groups is 1. The molecule has 0 heterocycles. The summed E-state index contributed by atoms with van der Waals surface area (Å²) in [5.41, 5.74) is -1.07. The first-order valence-electron chi connectivity index (χ1n) is 8.33. The lowest BCUT2D eigenvalue weighted by atomic mass is 10.2. The molecule has 0 fully saturated rings. The summed E-state index contributed by atoms with van der Waals surface area (Å²) in [4.78, 5) is 10.3. The fraction of sp³-hybridized carbons (Fsp3) is 0. The summed E-state index contributed by atoms with van der Waals surface area (Å²) >= 11 is 11.5. The fourth-order valence-electron chi connectivity index (χ4n) is 2.49. The van der Waals surface area contributed by atoms with Crippen molar-refractivity contribution in [2.24, 2.45) is 0 Å². The number of hydrogen-bond donors (Lipinski definition) is 2. The zero-order valence-corrected chi connectivity index (χ0v) is 18.5. The smallest absolute Gasteiger partial charge is 0.280 e. The van der Waals surface area contributed by atoms with Gasteiger partial charge in [0.15, 0.2) is 0 Å². The largest absolute Gasteiger partial charge is 0.293 e. The molecule has 0 unspecified atom stereocenters. The van der Waals surface area contributed by atoms with Crippen LogP contribution in [-0.2, 0) is 20.0 Å². The second kappa shape index (κ2) is 8.71. The first kappa shape index (κ1) is 22.8. The Morgan fingerprint density at radius 2 is 1.16 bits per heavy atom. The third-order valence-electron chi connectivity index (χ3n) is 3.94. The number of nitrogens with zero attached hydrogens (tertiary/aromatic N) is 1. The van der Waals surface area contributed by atoms with Crippen LogP contribution >= 0.6 is 23.2 Å². The minimum absolute atomic E-state index is 0.0886. The molecule has 0 saturated heterocycles. The SMILES string of the molecule is O=[N+]([O-])c1ccc(NS(=O)(=O)c2ccc(Cl)cc2)cc1NS(=O)(=O)c1ccc(Cl)cc1. The number of rotatable bonds is 7. The Bertz CT molecular complexity index is 1340. The van der Waals surface area contributed by atoms with E-state index in [0.717, 1.165) is 18.2 Å². The van der Waals surface area contributed by atoms with E-state index in [1.807, 2.05) is 0 Å². The molecule has 162 valence electrons. The summed E-state index contributed by atoms with van der Waals surface area (Å²) in [5, 5.41) is 12.0. The summed E-state index contributed by atoms with van der Waals surface area (Å²) in [6.45, 7) is 0. The molecule has 3 rings (SSSR count). The molecule has 0 spiro atoms. The van der Waals surface area contributed by atoms with Gasteiger partial charge in [-0.25, -0.2) is 16.8 Å². The molecule has 0 aliphatic carbocycles. The molecular formula is C18H13Cl2N3O6S2. The molecular weight excluding hydrogens is 489 g/mol. The average molecular weight is 502 g/mol. The van der Waals surface area contributed by atoms with Crippen molar-refractivity contribution in [3.63, 3.8) is 0 Å². The van der Waals surface area contributed by atoms with Crippen LogP contribution in [0.1, 0.15) is 0 Å². The van der Waals surface area contributed by atoms with E-state index >= 15 is 0 Å². The van der Waals surface area contributed by atoms with Gasteiger partial charge < -0.3 is 0 Å². The summed E-state index contributed by atoms with van der Waals surface area (Å²) < 4.78 is 54.7. The van der Waals surface area contributed by atoms with Crippen molar-refractivity contribution in [1.82, 2.24) is 0 Å². The molecule has 0 aliphatic heterocycles. The Hall–Kier alpha value is -2.86. The average Bonchev–Trinajstić information content (AvgIpc) is 2.68. The predicted octanol–water partition coefficient (Wildman–Crippen LogP) is 4.50. The number of hydrogen-bond acceptors (Lipinski definition) is 6. The Morgan fingerprint density at radius 1 is 0.710 bits per heavy atom. The minimum Gasteiger partial charge on any atom is -0.280 e. The van der Waals surface area contributed by atoms with Crippen LogP contribution in [0.25, 0.3) is 0 Å². The summed E-state index contributed by atoms with van der Waals surface area (Å²) in [7, 11) is -8.26. The van der Waals surface area contributed by atoms with E-state index in [-0.39, 0.29) is 15.5 Å². The second-order valence-electron chi connectivity index (χ2n) is 6.11. The van der Waals surface area contributed by atoms with Crippen LogP contribution in [0.15, 0.2) is 76.5 Å². The molecule has 0 bridgehead atoms. The molecule has 9 nitrogen and oxygen atoms in total. The number of sulfonamides is 2. The molecule has 31 heavy (non-hydrogen) atoms. The second-order valence-corrected chi connectivity index (χ2v) is 10.3. The number of nitro benzene ring substituents is 1. The van der Waals surface area contributed by atoms with Crippen molar-refractivity contribution >= 4 is 60.3 Å². The van der Waals surface area contributed by atoms with Gasteiger partial charge >= 0.3 is 0 Å². The molecule has 0 atom stereocenters. The van der Waals surface area contributed by atoms with E-state index in [9.17, 15) is 26.9 Å². The van der Waals surface area contributed by atoms with Crippen molar-refractivity contribution in [2.75, 3.05) is 9.44 Å². The molecule has 3 aromatic rings. The first-order valence-corrected chi connectivity index (χ1v) is 12.1. The van der Waals surface area contributed by atoms with Crippen LogP contribution in [0.4, 0.5) is 17.1 Å².